The van der Waals surface area contributed by atoms with Crippen LogP contribution < -0.4 is 0 Å². The molecule has 6 heteroatoms. The van der Waals surface area contributed by atoms with Crippen molar-refractivity contribution in [2.75, 3.05) is 0 Å². The van der Waals surface area contributed by atoms with Crippen molar-refractivity contribution in [3.05, 3.63) is 24.5 Å². The minimum Gasteiger partial charge on any atom is -0.462 e. The summed E-state index contributed by atoms with van der Waals surface area (Å²) >= 11 is 0. The Balaban J connectivity index is 1.73. The molecule has 3 unspecified atom stereocenters. The molecule has 4 bridgehead atoms. The molecule has 7 aliphatic rings. The average Bonchev–Trinajstić information content (AvgIpc) is 2.76. The van der Waals surface area contributed by atoms with E-state index < -0.39 is 40.5 Å². The van der Waals surface area contributed by atoms with Crippen molar-refractivity contribution in [1.82, 2.24) is 0 Å². The number of ketones is 2. The Morgan fingerprint density at radius 2 is 1.80 bits per heavy atom. The van der Waals surface area contributed by atoms with Crippen molar-refractivity contribution in [3.63, 3.8) is 0 Å². The van der Waals surface area contributed by atoms with E-state index in [2.05, 4.69) is 27.0 Å². The van der Waals surface area contributed by atoms with Gasteiger partial charge < -0.3 is 19.3 Å². The summed E-state index contributed by atoms with van der Waals surface area (Å²) in [5.74, 6) is -3.46. The quantitative estimate of drug-likeness (QED) is 0.614. The van der Waals surface area contributed by atoms with Gasteiger partial charge in [-0.1, -0.05) is 27.0 Å². The molecule has 162 valence electrons. The van der Waals surface area contributed by atoms with E-state index in [1.807, 2.05) is 0 Å². The Hall–Kier alpha value is -1.50. The normalized spacial score (nSPS) is 54.5. The number of Topliss-reactive ketones (excluding diaryl/α,β-unsaturated/α-hetero) is 2. The second kappa shape index (κ2) is 4.94. The third kappa shape index (κ3) is 1.58. The lowest BCUT2D eigenvalue weighted by Crippen LogP contribution is -2.87. The molecule has 7 fully saturated rings. The van der Waals surface area contributed by atoms with Gasteiger partial charge in [-0.3, -0.25) is 9.59 Å². The lowest BCUT2D eigenvalue weighted by Gasteiger charge is -2.76. The van der Waals surface area contributed by atoms with Crippen LogP contribution in [0.1, 0.15) is 53.4 Å². The molecule has 1 N–H and O–H groups in total. The van der Waals surface area contributed by atoms with Gasteiger partial charge in [-0.15, -0.1) is 0 Å². The minimum absolute atomic E-state index is 0.0240. The molecule has 0 aromatic rings. The summed E-state index contributed by atoms with van der Waals surface area (Å²) in [7, 11) is 0. The van der Waals surface area contributed by atoms with Gasteiger partial charge in [0.05, 0.1) is 11.5 Å². The number of hydrogen-bond acceptors (Lipinski definition) is 6. The molecule has 6 nitrogen and oxygen atoms in total. The molecule has 0 amide bonds. The largest absolute Gasteiger partial charge is 0.462 e. The van der Waals surface area contributed by atoms with Crippen molar-refractivity contribution in [1.29, 1.82) is 0 Å². The van der Waals surface area contributed by atoms with Gasteiger partial charge in [-0.25, -0.2) is 0 Å². The van der Waals surface area contributed by atoms with E-state index in [1.165, 1.54) is 0 Å². The minimum atomic E-state index is -1.63. The smallest absolute Gasteiger partial charge is 0.254 e. The zero-order chi connectivity index (χ0) is 21.6. The Labute approximate surface area is 176 Å². The summed E-state index contributed by atoms with van der Waals surface area (Å²) in [4.78, 5) is 27.7. The molecule has 3 saturated heterocycles. The number of allylic oxidation sites excluding steroid dienone is 1. The number of rotatable bonds is 0. The third-order valence-corrected chi connectivity index (χ3v) is 9.41. The first-order valence-corrected chi connectivity index (χ1v) is 11.1. The number of aliphatic hydroxyl groups excluding tert-OH is 1. The van der Waals surface area contributed by atoms with E-state index in [4.69, 9.17) is 14.2 Å². The van der Waals surface area contributed by atoms with Crippen molar-refractivity contribution in [2.45, 2.75) is 77.2 Å². The van der Waals surface area contributed by atoms with Crippen molar-refractivity contribution >= 4 is 11.6 Å². The van der Waals surface area contributed by atoms with Crippen LogP contribution in [0.5, 0.6) is 0 Å². The van der Waals surface area contributed by atoms with Gasteiger partial charge in [-0.05, 0) is 44.1 Å². The van der Waals surface area contributed by atoms with Gasteiger partial charge in [0.2, 0.25) is 0 Å². The molecule has 7 rings (SSSR count). The molecule has 3 spiro atoms. The summed E-state index contributed by atoms with van der Waals surface area (Å²) < 4.78 is 19.2. The Kier molecular flexibility index (Phi) is 3.16. The number of fused-ring (bicyclic) bond motifs is 1. The van der Waals surface area contributed by atoms with E-state index in [0.29, 0.717) is 30.6 Å². The van der Waals surface area contributed by atoms with Crippen LogP contribution in [0.3, 0.4) is 0 Å². The maximum Gasteiger partial charge on any atom is 0.254 e. The zero-order valence-electron chi connectivity index (χ0n) is 18.1. The van der Waals surface area contributed by atoms with Gasteiger partial charge in [0.15, 0.2) is 11.6 Å². The number of ether oxygens (including phenoxy) is 3. The number of carbonyl (C=O) groups excluding carboxylic acids is 2. The molecule has 0 radical (unpaired) electrons. The highest BCUT2D eigenvalue weighted by Crippen LogP contribution is 2.80. The summed E-state index contributed by atoms with van der Waals surface area (Å²) in [5.41, 5.74) is -2.22. The van der Waals surface area contributed by atoms with Gasteiger partial charge in [0, 0.05) is 24.2 Å². The second-order valence-corrected chi connectivity index (χ2v) is 11.4. The van der Waals surface area contributed by atoms with Crippen molar-refractivity contribution in [3.8, 4) is 0 Å². The molecule has 3 heterocycles. The van der Waals surface area contributed by atoms with Crippen LogP contribution in [-0.4, -0.2) is 40.5 Å². The summed E-state index contributed by atoms with van der Waals surface area (Å²) in [6.07, 6.45) is 0.754. The predicted octanol–water partition coefficient (Wildman–Crippen LogP) is 2.90. The summed E-state index contributed by atoms with van der Waals surface area (Å²) in [5, 5.41) is 12.0. The van der Waals surface area contributed by atoms with Crippen LogP contribution in [0.15, 0.2) is 24.5 Å². The van der Waals surface area contributed by atoms with Gasteiger partial charge >= 0.3 is 0 Å². The maximum absolute atomic E-state index is 14.0. The fourth-order valence-corrected chi connectivity index (χ4v) is 8.62. The summed E-state index contributed by atoms with van der Waals surface area (Å²) in [6, 6.07) is 0. The molecule has 4 aliphatic carbocycles. The predicted molar refractivity (Wildman–Crippen MR) is 106 cm³/mol. The van der Waals surface area contributed by atoms with Crippen LogP contribution in [0.2, 0.25) is 0 Å². The first-order chi connectivity index (χ1) is 13.9. The van der Waals surface area contributed by atoms with Crippen LogP contribution >= 0.6 is 0 Å². The highest BCUT2D eigenvalue weighted by Gasteiger charge is 2.91. The highest BCUT2D eigenvalue weighted by atomic mass is 16.8. The molecule has 3 aliphatic heterocycles. The number of hydrogen-bond donors (Lipinski definition) is 1. The third-order valence-electron chi connectivity index (χ3n) is 9.41. The number of carbonyl (C=O) groups is 2. The first-order valence-electron chi connectivity index (χ1n) is 11.1. The van der Waals surface area contributed by atoms with E-state index >= 15 is 0 Å². The van der Waals surface area contributed by atoms with Crippen LogP contribution in [0, 0.1) is 34.0 Å². The zero-order valence-corrected chi connectivity index (χ0v) is 18.1. The van der Waals surface area contributed by atoms with Crippen LogP contribution in [-0.2, 0) is 23.8 Å². The molecule has 4 saturated carbocycles. The van der Waals surface area contributed by atoms with E-state index in [9.17, 15) is 14.7 Å². The lowest BCUT2D eigenvalue weighted by atomic mass is 9.35. The van der Waals surface area contributed by atoms with E-state index in [0.717, 1.165) is 6.42 Å². The van der Waals surface area contributed by atoms with E-state index in [-0.39, 0.29) is 28.8 Å². The van der Waals surface area contributed by atoms with Gasteiger partial charge in [0.25, 0.3) is 5.79 Å². The molecule has 8 atom stereocenters. The average molecular weight is 414 g/mol. The Morgan fingerprint density at radius 1 is 1.10 bits per heavy atom. The SMILES string of the molecule is C=C1C(=O)[C@@]23C4CC[C@@H]1[C@H]2OC(C)(C)O[C@]31OC(=C)C42C(=O)CCC(C)(C)C2[C@@H]1O. The summed E-state index contributed by atoms with van der Waals surface area (Å²) in [6.45, 7) is 16.1. The monoisotopic (exact) mass is 414 g/mol. The molecular weight excluding hydrogens is 384 g/mol. The molecule has 0 aromatic heterocycles. The van der Waals surface area contributed by atoms with Crippen LogP contribution in [0.4, 0.5) is 0 Å². The van der Waals surface area contributed by atoms with Gasteiger partial charge in [-0.2, -0.15) is 0 Å². The fraction of sp³-hybridized carbons (Fsp3) is 0.750. The standard InChI is InChI=1S/C24H30O6/c1-11-13-7-8-14-22-12(2)28-24(18(27)16(22)20(3,4)10-9-15(22)25)23(14,17(11)26)19(13)29-21(5,6)30-24/h13-14,16,18-19,27H,1-2,7-10H2,3-6H3/t13-,14?,16?,18-,19+,22?,23-,24-/m0/s1. The molecular formula is C24H30O6. The Bertz CT molecular complexity index is 947. The van der Waals surface area contributed by atoms with E-state index in [1.54, 1.807) is 13.8 Å². The maximum atomic E-state index is 14.0. The number of aliphatic hydroxyl groups is 1. The molecule has 30 heavy (non-hydrogen) atoms. The molecule has 0 aromatic carbocycles. The van der Waals surface area contributed by atoms with Gasteiger partial charge in [0.1, 0.15) is 23.1 Å². The van der Waals surface area contributed by atoms with Crippen molar-refractivity contribution < 1.29 is 28.9 Å². The topological polar surface area (TPSA) is 82.1 Å². The van der Waals surface area contributed by atoms with Crippen molar-refractivity contribution in [2.24, 2.45) is 34.0 Å². The highest BCUT2D eigenvalue weighted by molar-refractivity contribution is 6.06. The van der Waals surface area contributed by atoms with Crippen LogP contribution in [0.25, 0.3) is 0 Å². The fourth-order valence-electron chi connectivity index (χ4n) is 8.62. The lowest BCUT2D eigenvalue weighted by molar-refractivity contribution is -0.510. The second-order valence-electron chi connectivity index (χ2n) is 11.4. The first kappa shape index (κ1) is 19.2. The Morgan fingerprint density at radius 3 is 2.50 bits per heavy atom.